The molecule has 3 atom stereocenters. The molecule has 0 radical (unpaired) electrons. The van der Waals surface area contributed by atoms with Gasteiger partial charge in [0.1, 0.15) is 0 Å². The maximum atomic E-state index is 11.9. The Hall–Kier alpha value is -1.25. The minimum atomic E-state index is -3.09. The molecule has 0 spiro atoms. The van der Waals surface area contributed by atoms with Gasteiger partial charge in [0.05, 0.1) is 11.3 Å². The number of hydrazine groups is 1. The highest BCUT2D eigenvalue weighted by molar-refractivity contribution is 7.91. The molecule has 0 saturated carbocycles. The Kier molecular flexibility index (Phi) is 3.61. The number of nitrogens with one attached hydrogen (secondary N) is 2. The standard InChI is InChI=1S/C12H19N5O2S/c1-20(18,19)10-8-15-16-11(10)9-4-2-7-17(9)12-13-5-3-6-14-12/h3,5-6,9-11,15-16H,2,4,7-8H2,1H3. The molecule has 1 aromatic rings. The summed E-state index contributed by atoms with van der Waals surface area (Å²) in [6.07, 6.45) is 6.71. The van der Waals surface area contributed by atoms with Gasteiger partial charge in [-0.1, -0.05) is 0 Å². The minimum absolute atomic E-state index is 0.104. The fourth-order valence-corrected chi connectivity index (χ4v) is 4.28. The van der Waals surface area contributed by atoms with Gasteiger partial charge in [-0.25, -0.2) is 18.4 Å². The van der Waals surface area contributed by atoms with Gasteiger partial charge in [-0.05, 0) is 18.9 Å². The molecule has 3 heterocycles. The molecule has 2 N–H and O–H groups in total. The predicted molar refractivity (Wildman–Crippen MR) is 76.0 cm³/mol. The van der Waals surface area contributed by atoms with Gasteiger partial charge in [-0.3, -0.25) is 10.9 Å². The molecule has 8 heteroatoms. The normalized spacial score (nSPS) is 30.9. The lowest BCUT2D eigenvalue weighted by molar-refractivity contribution is 0.452. The SMILES string of the molecule is CS(=O)(=O)C1CNNC1C1CCCN1c1ncccn1. The van der Waals surface area contributed by atoms with E-state index in [-0.39, 0.29) is 12.1 Å². The van der Waals surface area contributed by atoms with Gasteiger partial charge >= 0.3 is 0 Å². The molecule has 2 aliphatic rings. The summed E-state index contributed by atoms with van der Waals surface area (Å²) in [5.74, 6) is 0.677. The van der Waals surface area contributed by atoms with E-state index in [9.17, 15) is 8.42 Å². The van der Waals surface area contributed by atoms with Crippen LogP contribution >= 0.6 is 0 Å². The van der Waals surface area contributed by atoms with Crippen LogP contribution < -0.4 is 15.8 Å². The molecule has 7 nitrogen and oxygen atoms in total. The maximum Gasteiger partial charge on any atom is 0.225 e. The highest BCUT2D eigenvalue weighted by Crippen LogP contribution is 2.28. The van der Waals surface area contributed by atoms with Crippen molar-refractivity contribution in [3.05, 3.63) is 18.5 Å². The Morgan fingerprint density at radius 2 is 2.10 bits per heavy atom. The molecule has 2 aliphatic heterocycles. The molecule has 3 rings (SSSR count). The summed E-state index contributed by atoms with van der Waals surface area (Å²) in [5.41, 5.74) is 6.11. The Morgan fingerprint density at radius 1 is 1.35 bits per heavy atom. The van der Waals surface area contributed by atoms with Gasteiger partial charge in [0.2, 0.25) is 5.95 Å². The summed E-state index contributed by atoms with van der Waals surface area (Å²) in [6.45, 7) is 1.31. The number of hydrogen-bond acceptors (Lipinski definition) is 7. The highest BCUT2D eigenvalue weighted by atomic mass is 32.2. The molecule has 0 bridgehead atoms. The predicted octanol–water partition coefficient (Wildman–Crippen LogP) is -0.665. The second kappa shape index (κ2) is 5.27. The zero-order valence-corrected chi connectivity index (χ0v) is 12.2. The minimum Gasteiger partial charge on any atom is -0.336 e. The van der Waals surface area contributed by atoms with Crippen molar-refractivity contribution in [2.75, 3.05) is 24.2 Å². The topological polar surface area (TPSA) is 87.2 Å². The molecule has 0 aromatic carbocycles. The van der Waals surface area contributed by atoms with Crippen molar-refractivity contribution >= 4 is 15.8 Å². The fraction of sp³-hybridized carbons (Fsp3) is 0.667. The van der Waals surface area contributed by atoms with Crippen LogP contribution in [0.1, 0.15) is 12.8 Å². The zero-order chi connectivity index (χ0) is 14.2. The van der Waals surface area contributed by atoms with E-state index in [1.807, 2.05) is 0 Å². The lowest BCUT2D eigenvalue weighted by Crippen LogP contribution is -2.52. The zero-order valence-electron chi connectivity index (χ0n) is 11.4. The van der Waals surface area contributed by atoms with Crippen molar-refractivity contribution in [2.24, 2.45) is 0 Å². The van der Waals surface area contributed by atoms with E-state index in [0.717, 1.165) is 19.4 Å². The third-order valence-corrected chi connectivity index (χ3v) is 5.61. The van der Waals surface area contributed by atoms with E-state index in [2.05, 4.69) is 25.7 Å². The van der Waals surface area contributed by atoms with E-state index >= 15 is 0 Å². The molecule has 110 valence electrons. The summed E-state index contributed by atoms with van der Waals surface area (Å²) in [4.78, 5) is 10.7. The summed E-state index contributed by atoms with van der Waals surface area (Å²) in [5, 5.41) is -0.406. The number of hydrogen-bond donors (Lipinski definition) is 2. The van der Waals surface area contributed by atoms with Crippen LogP contribution in [0.25, 0.3) is 0 Å². The fourth-order valence-electron chi connectivity index (χ4n) is 3.11. The molecule has 20 heavy (non-hydrogen) atoms. The molecule has 2 saturated heterocycles. The Morgan fingerprint density at radius 3 is 2.80 bits per heavy atom. The van der Waals surface area contributed by atoms with Crippen LogP contribution in [-0.2, 0) is 9.84 Å². The van der Waals surface area contributed by atoms with E-state index in [1.54, 1.807) is 18.5 Å². The van der Waals surface area contributed by atoms with Crippen molar-refractivity contribution in [2.45, 2.75) is 30.2 Å². The molecular formula is C12H19N5O2S. The van der Waals surface area contributed by atoms with Crippen LogP contribution in [0.15, 0.2) is 18.5 Å². The molecule has 0 aliphatic carbocycles. The first-order chi connectivity index (χ1) is 9.57. The van der Waals surface area contributed by atoms with Gasteiger partial charge in [-0.15, -0.1) is 0 Å². The van der Waals surface area contributed by atoms with Crippen LogP contribution in [-0.4, -0.2) is 55.1 Å². The molecule has 3 unspecified atom stereocenters. The lowest BCUT2D eigenvalue weighted by atomic mass is 10.0. The first-order valence-corrected chi connectivity index (χ1v) is 8.74. The molecule has 2 fully saturated rings. The van der Waals surface area contributed by atoms with Crippen LogP contribution in [0.3, 0.4) is 0 Å². The lowest BCUT2D eigenvalue weighted by Gasteiger charge is -2.31. The number of anilines is 1. The van der Waals surface area contributed by atoms with Gasteiger partial charge < -0.3 is 4.90 Å². The Balaban J connectivity index is 1.85. The number of nitrogens with zero attached hydrogens (tertiary/aromatic N) is 3. The summed E-state index contributed by atoms with van der Waals surface area (Å²) >= 11 is 0. The first kappa shape index (κ1) is 13.7. The molecule has 1 aromatic heterocycles. The molecule has 0 amide bonds. The van der Waals surface area contributed by atoms with Crippen molar-refractivity contribution < 1.29 is 8.42 Å². The average molecular weight is 297 g/mol. The second-order valence-corrected chi connectivity index (χ2v) is 7.64. The monoisotopic (exact) mass is 297 g/mol. The van der Waals surface area contributed by atoms with Gasteiger partial charge in [-0.2, -0.15) is 0 Å². The van der Waals surface area contributed by atoms with E-state index < -0.39 is 15.1 Å². The van der Waals surface area contributed by atoms with Crippen molar-refractivity contribution in [3.8, 4) is 0 Å². The Bertz CT molecular complexity index is 564. The first-order valence-electron chi connectivity index (χ1n) is 6.78. The van der Waals surface area contributed by atoms with Crippen LogP contribution in [0.5, 0.6) is 0 Å². The van der Waals surface area contributed by atoms with E-state index in [1.165, 1.54) is 6.26 Å². The third kappa shape index (κ3) is 2.50. The number of rotatable bonds is 3. The largest absolute Gasteiger partial charge is 0.336 e. The van der Waals surface area contributed by atoms with E-state index in [4.69, 9.17) is 0 Å². The van der Waals surface area contributed by atoms with Gasteiger partial charge in [0, 0.05) is 37.8 Å². The average Bonchev–Trinajstić information content (AvgIpc) is 3.07. The van der Waals surface area contributed by atoms with Crippen molar-refractivity contribution in [1.82, 2.24) is 20.8 Å². The second-order valence-electron chi connectivity index (χ2n) is 5.37. The highest BCUT2D eigenvalue weighted by Gasteiger charge is 2.44. The van der Waals surface area contributed by atoms with Crippen molar-refractivity contribution in [3.63, 3.8) is 0 Å². The summed E-state index contributed by atoms with van der Waals surface area (Å²) in [6, 6.07) is 1.76. The maximum absolute atomic E-state index is 11.9. The van der Waals surface area contributed by atoms with E-state index in [0.29, 0.717) is 12.5 Å². The molecular weight excluding hydrogens is 278 g/mol. The third-order valence-electron chi connectivity index (χ3n) is 4.05. The van der Waals surface area contributed by atoms with Crippen molar-refractivity contribution in [1.29, 1.82) is 0 Å². The summed E-state index contributed by atoms with van der Waals surface area (Å²) < 4.78 is 23.8. The summed E-state index contributed by atoms with van der Waals surface area (Å²) in [7, 11) is -3.09. The van der Waals surface area contributed by atoms with Crippen LogP contribution in [0.4, 0.5) is 5.95 Å². The van der Waals surface area contributed by atoms with Crippen LogP contribution in [0.2, 0.25) is 0 Å². The van der Waals surface area contributed by atoms with Crippen LogP contribution in [0, 0.1) is 0 Å². The quantitative estimate of drug-likeness (QED) is 0.765. The van der Waals surface area contributed by atoms with Gasteiger partial charge in [0.15, 0.2) is 9.84 Å². The number of sulfone groups is 1. The van der Waals surface area contributed by atoms with Gasteiger partial charge in [0.25, 0.3) is 0 Å². The smallest absolute Gasteiger partial charge is 0.225 e. The number of aromatic nitrogens is 2. The Labute approximate surface area is 118 Å².